The summed E-state index contributed by atoms with van der Waals surface area (Å²) in [5.41, 5.74) is 0.964. The van der Waals surface area contributed by atoms with Gasteiger partial charge in [-0.1, -0.05) is 19.1 Å². The summed E-state index contributed by atoms with van der Waals surface area (Å²) in [6.45, 7) is 7.83. The fourth-order valence-corrected chi connectivity index (χ4v) is 1.46. The van der Waals surface area contributed by atoms with Gasteiger partial charge in [-0.15, -0.1) is 5.10 Å². The van der Waals surface area contributed by atoms with Gasteiger partial charge in [0.15, 0.2) is 0 Å². The van der Waals surface area contributed by atoms with Gasteiger partial charge in [-0.05, 0) is 0 Å². The number of hydrogen-bond acceptors (Lipinski definition) is 5. The normalized spacial score (nSPS) is 16.4. The van der Waals surface area contributed by atoms with E-state index in [0.717, 1.165) is 32.0 Å². The van der Waals surface area contributed by atoms with Gasteiger partial charge in [-0.3, -0.25) is 0 Å². The molecule has 0 atom stereocenters. The molecule has 1 fully saturated rings. The molecule has 0 aliphatic carbocycles. The Morgan fingerprint density at radius 1 is 1.59 bits per heavy atom. The van der Waals surface area contributed by atoms with Crippen LogP contribution in [0.4, 0.5) is 0 Å². The number of aromatic nitrogens is 3. The molecule has 1 aliphatic rings. The number of ether oxygens (including phenoxy) is 2. The van der Waals surface area contributed by atoms with Crippen LogP contribution in [0.2, 0.25) is 0 Å². The Morgan fingerprint density at radius 3 is 3.06 bits per heavy atom. The van der Waals surface area contributed by atoms with Crippen molar-refractivity contribution in [2.24, 2.45) is 0 Å². The van der Waals surface area contributed by atoms with Gasteiger partial charge < -0.3 is 14.8 Å². The molecule has 2 heterocycles. The summed E-state index contributed by atoms with van der Waals surface area (Å²) >= 11 is 0. The smallest absolute Gasteiger partial charge is 0.104 e. The van der Waals surface area contributed by atoms with Crippen LogP contribution in [0, 0.1) is 0 Å². The Bertz CT molecular complexity index is 336. The predicted octanol–water partition coefficient (Wildman–Crippen LogP) is 0.192. The lowest BCUT2D eigenvalue weighted by Gasteiger charge is -2.25. The molecule has 0 amide bonds. The van der Waals surface area contributed by atoms with E-state index in [1.807, 2.05) is 10.9 Å². The van der Waals surface area contributed by atoms with Gasteiger partial charge in [-0.2, -0.15) is 0 Å². The third-order valence-corrected chi connectivity index (χ3v) is 2.56. The Kier molecular flexibility index (Phi) is 4.47. The van der Waals surface area contributed by atoms with E-state index in [1.54, 1.807) is 0 Å². The first-order valence-corrected chi connectivity index (χ1v) is 6.06. The quantitative estimate of drug-likeness (QED) is 0.737. The van der Waals surface area contributed by atoms with Gasteiger partial charge in [-0.25, -0.2) is 4.68 Å². The molecule has 6 nitrogen and oxygen atoms in total. The van der Waals surface area contributed by atoms with Crippen molar-refractivity contribution in [1.82, 2.24) is 20.3 Å². The molecular formula is C11H20N4O2. The van der Waals surface area contributed by atoms with Crippen LogP contribution >= 0.6 is 0 Å². The van der Waals surface area contributed by atoms with Crippen molar-refractivity contribution < 1.29 is 9.47 Å². The molecule has 6 heteroatoms. The van der Waals surface area contributed by atoms with Crippen molar-refractivity contribution in [2.75, 3.05) is 19.8 Å². The minimum absolute atomic E-state index is 0.278. The monoisotopic (exact) mass is 240 g/mol. The summed E-state index contributed by atoms with van der Waals surface area (Å²) in [6, 6.07) is 0.460. The second-order valence-electron chi connectivity index (χ2n) is 4.54. The van der Waals surface area contributed by atoms with Crippen LogP contribution in [0.1, 0.15) is 19.5 Å². The number of nitrogens with one attached hydrogen (secondary N) is 1. The maximum Gasteiger partial charge on any atom is 0.104 e. The molecule has 1 aromatic rings. The van der Waals surface area contributed by atoms with Crippen molar-refractivity contribution in [3.05, 3.63) is 11.9 Å². The highest BCUT2D eigenvalue weighted by Gasteiger charge is 2.18. The number of hydrogen-bond donors (Lipinski definition) is 1. The van der Waals surface area contributed by atoms with Crippen LogP contribution < -0.4 is 5.32 Å². The van der Waals surface area contributed by atoms with Crippen molar-refractivity contribution >= 4 is 0 Å². The van der Waals surface area contributed by atoms with Crippen LogP contribution in [0.5, 0.6) is 0 Å². The zero-order valence-electron chi connectivity index (χ0n) is 10.4. The lowest BCUT2D eigenvalue weighted by Crippen LogP contribution is -2.36. The van der Waals surface area contributed by atoms with Crippen LogP contribution in [-0.2, 0) is 22.6 Å². The third kappa shape index (κ3) is 4.07. The first-order valence-electron chi connectivity index (χ1n) is 6.06. The number of nitrogens with zero attached hydrogens (tertiary/aromatic N) is 3. The van der Waals surface area contributed by atoms with E-state index in [-0.39, 0.29) is 6.10 Å². The van der Waals surface area contributed by atoms with Gasteiger partial charge >= 0.3 is 0 Å². The molecule has 0 saturated carbocycles. The van der Waals surface area contributed by atoms with Crippen molar-refractivity contribution in [3.8, 4) is 0 Å². The minimum atomic E-state index is 0.278. The standard InChI is InChI=1S/C11H20N4O2/c1-9(2)12-5-10-6-15(14-13-10)3-4-17-11-7-16-8-11/h6,9,11-12H,3-5,7-8H2,1-2H3. The van der Waals surface area contributed by atoms with E-state index in [0.29, 0.717) is 12.6 Å². The van der Waals surface area contributed by atoms with Crippen LogP contribution in [0.15, 0.2) is 6.20 Å². The van der Waals surface area contributed by atoms with Crippen LogP contribution in [0.25, 0.3) is 0 Å². The van der Waals surface area contributed by atoms with E-state index in [9.17, 15) is 0 Å². The van der Waals surface area contributed by atoms with Crippen LogP contribution in [0.3, 0.4) is 0 Å². The molecular weight excluding hydrogens is 220 g/mol. The van der Waals surface area contributed by atoms with Crippen molar-refractivity contribution in [2.45, 2.75) is 39.1 Å². The van der Waals surface area contributed by atoms with Crippen LogP contribution in [-0.4, -0.2) is 47.0 Å². The molecule has 0 aromatic carbocycles. The average molecular weight is 240 g/mol. The molecule has 1 N–H and O–H groups in total. The molecule has 1 aromatic heterocycles. The zero-order valence-corrected chi connectivity index (χ0v) is 10.4. The Hall–Kier alpha value is -0.980. The first-order chi connectivity index (χ1) is 8.24. The van der Waals surface area contributed by atoms with Gasteiger partial charge in [0.2, 0.25) is 0 Å². The second kappa shape index (κ2) is 6.09. The third-order valence-electron chi connectivity index (χ3n) is 2.56. The second-order valence-corrected chi connectivity index (χ2v) is 4.54. The molecule has 0 unspecified atom stereocenters. The fraction of sp³-hybridized carbons (Fsp3) is 0.818. The molecule has 0 radical (unpaired) electrons. The summed E-state index contributed by atoms with van der Waals surface area (Å²) in [5, 5.41) is 11.4. The summed E-state index contributed by atoms with van der Waals surface area (Å²) < 4.78 is 12.4. The average Bonchev–Trinajstić information content (AvgIpc) is 2.67. The van der Waals surface area contributed by atoms with E-state index in [4.69, 9.17) is 9.47 Å². The topological polar surface area (TPSA) is 61.2 Å². The highest BCUT2D eigenvalue weighted by molar-refractivity contribution is 4.91. The van der Waals surface area contributed by atoms with E-state index >= 15 is 0 Å². The summed E-state index contributed by atoms with van der Waals surface area (Å²) in [4.78, 5) is 0. The molecule has 96 valence electrons. The Labute approximate surface area is 101 Å². The van der Waals surface area contributed by atoms with E-state index in [1.165, 1.54) is 0 Å². The maximum atomic E-state index is 5.56. The predicted molar refractivity (Wildman–Crippen MR) is 62.6 cm³/mol. The molecule has 17 heavy (non-hydrogen) atoms. The number of rotatable bonds is 7. The van der Waals surface area contributed by atoms with E-state index in [2.05, 4.69) is 29.5 Å². The lowest BCUT2D eigenvalue weighted by atomic mass is 10.3. The van der Waals surface area contributed by atoms with Gasteiger partial charge in [0.1, 0.15) is 6.10 Å². The Morgan fingerprint density at radius 2 is 2.41 bits per heavy atom. The molecule has 0 bridgehead atoms. The SMILES string of the molecule is CC(C)NCc1cn(CCOC2COC2)nn1. The highest BCUT2D eigenvalue weighted by atomic mass is 16.6. The highest BCUT2D eigenvalue weighted by Crippen LogP contribution is 2.05. The molecule has 1 aliphatic heterocycles. The lowest BCUT2D eigenvalue weighted by molar-refractivity contribution is -0.131. The first kappa shape index (κ1) is 12.5. The van der Waals surface area contributed by atoms with Gasteiger partial charge in [0.05, 0.1) is 32.1 Å². The fourth-order valence-electron chi connectivity index (χ4n) is 1.46. The Balaban J connectivity index is 1.66. The van der Waals surface area contributed by atoms with Crippen molar-refractivity contribution in [1.29, 1.82) is 0 Å². The maximum absolute atomic E-state index is 5.56. The van der Waals surface area contributed by atoms with Gasteiger partial charge in [0, 0.05) is 18.8 Å². The largest absolute Gasteiger partial charge is 0.376 e. The zero-order chi connectivity index (χ0) is 12.1. The molecule has 2 rings (SSSR count). The molecule has 1 saturated heterocycles. The minimum Gasteiger partial charge on any atom is -0.376 e. The van der Waals surface area contributed by atoms with E-state index < -0.39 is 0 Å². The summed E-state index contributed by atoms with van der Waals surface area (Å²) in [5.74, 6) is 0. The summed E-state index contributed by atoms with van der Waals surface area (Å²) in [7, 11) is 0. The summed E-state index contributed by atoms with van der Waals surface area (Å²) in [6.07, 6.45) is 2.23. The van der Waals surface area contributed by atoms with Crippen molar-refractivity contribution in [3.63, 3.8) is 0 Å². The molecule has 0 spiro atoms. The van der Waals surface area contributed by atoms with Gasteiger partial charge in [0.25, 0.3) is 0 Å².